The summed E-state index contributed by atoms with van der Waals surface area (Å²) in [5, 5.41) is 1.05. The molecule has 0 radical (unpaired) electrons. The molecule has 1 amide bonds. The third kappa shape index (κ3) is 3.50. The van der Waals surface area contributed by atoms with Crippen LogP contribution in [0.4, 0.5) is 0 Å². The van der Waals surface area contributed by atoms with E-state index in [1.54, 1.807) is 12.2 Å². The maximum absolute atomic E-state index is 12.1. The summed E-state index contributed by atoms with van der Waals surface area (Å²) in [5.41, 5.74) is 0.846. The zero-order valence-corrected chi connectivity index (χ0v) is 12.1. The van der Waals surface area contributed by atoms with Crippen LogP contribution in [0.3, 0.4) is 0 Å². The minimum Gasteiger partial charge on any atom is -0.457 e. The van der Waals surface area contributed by atoms with E-state index in [0.29, 0.717) is 5.76 Å². The molecule has 0 atom stereocenters. The first-order chi connectivity index (χ1) is 9.74. The zero-order valence-electron chi connectivity index (χ0n) is 12.1. The molecule has 20 heavy (non-hydrogen) atoms. The smallest absolute Gasteiger partial charge is 0.246 e. The Morgan fingerprint density at radius 3 is 2.55 bits per heavy atom. The van der Waals surface area contributed by atoms with E-state index < -0.39 is 0 Å². The normalized spacial score (nSPS) is 11.3. The van der Waals surface area contributed by atoms with Gasteiger partial charge in [-0.3, -0.25) is 4.79 Å². The van der Waals surface area contributed by atoms with E-state index in [2.05, 4.69) is 13.8 Å². The molecule has 3 nitrogen and oxygen atoms in total. The Morgan fingerprint density at radius 1 is 1.20 bits per heavy atom. The van der Waals surface area contributed by atoms with E-state index in [-0.39, 0.29) is 5.91 Å². The van der Waals surface area contributed by atoms with E-state index in [0.717, 1.165) is 36.9 Å². The van der Waals surface area contributed by atoms with Crippen molar-refractivity contribution in [2.75, 3.05) is 13.1 Å². The lowest BCUT2D eigenvalue weighted by Gasteiger charge is -2.19. The number of nitrogens with zero attached hydrogens (tertiary/aromatic N) is 1. The van der Waals surface area contributed by atoms with Crippen LogP contribution in [-0.2, 0) is 4.79 Å². The van der Waals surface area contributed by atoms with Gasteiger partial charge in [0.05, 0.1) is 0 Å². The van der Waals surface area contributed by atoms with Gasteiger partial charge in [-0.05, 0) is 31.1 Å². The van der Waals surface area contributed by atoms with E-state index in [9.17, 15) is 4.79 Å². The van der Waals surface area contributed by atoms with Crippen LogP contribution in [0.1, 0.15) is 32.4 Å². The van der Waals surface area contributed by atoms with Crippen molar-refractivity contribution in [1.29, 1.82) is 0 Å². The van der Waals surface area contributed by atoms with Gasteiger partial charge in [-0.15, -0.1) is 0 Å². The molecule has 0 saturated carbocycles. The van der Waals surface area contributed by atoms with Gasteiger partial charge in [0.15, 0.2) is 0 Å². The SMILES string of the molecule is CCCN(CCC)C(=O)/C=C/c1cc2ccccc2o1. The molecule has 0 aliphatic heterocycles. The van der Waals surface area contributed by atoms with E-state index in [1.807, 2.05) is 35.2 Å². The molecule has 0 aliphatic rings. The first-order valence-corrected chi connectivity index (χ1v) is 7.20. The Bertz CT molecular complexity index is 559. The van der Waals surface area contributed by atoms with Gasteiger partial charge in [-0.25, -0.2) is 0 Å². The first-order valence-electron chi connectivity index (χ1n) is 7.20. The summed E-state index contributed by atoms with van der Waals surface area (Å²) in [6, 6.07) is 9.78. The number of hydrogen-bond acceptors (Lipinski definition) is 2. The first kappa shape index (κ1) is 14.4. The number of fused-ring (bicyclic) bond motifs is 1. The largest absolute Gasteiger partial charge is 0.457 e. The summed E-state index contributed by atoms with van der Waals surface area (Å²) in [6.45, 7) is 5.77. The van der Waals surface area contributed by atoms with Crippen molar-refractivity contribution in [3.05, 3.63) is 42.2 Å². The van der Waals surface area contributed by atoms with Crippen LogP contribution >= 0.6 is 0 Å². The van der Waals surface area contributed by atoms with Gasteiger partial charge < -0.3 is 9.32 Å². The molecule has 0 spiro atoms. The third-order valence-corrected chi connectivity index (χ3v) is 3.13. The molecule has 0 N–H and O–H groups in total. The number of para-hydroxylation sites is 1. The minimum atomic E-state index is 0.0501. The highest BCUT2D eigenvalue weighted by Crippen LogP contribution is 2.19. The minimum absolute atomic E-state index is 0.0501. The predicted molar refractivity (Wildman–Crippen MR) is 82.4 cm³/mol. The maximum Gasteiger partial charge on any atom is 0.246 e. The van der Waals surface area contributed by atoms with Gasteiger partial charge in [-0.2, -0.15) is 0 Å². The number of carbonyl (C=O) groups excluding carboxylic acids is 1. The van der Waals surface area contributed by atoms with Crippen LogP contribution in [0.25, 0.3) is 17.0 Å². The second-order valence-corrected chi connectivity index (χ2v) is 4.85. The molecule has 0 bridgehead atoms. The highest BCUT2D eigenvalue weighted by Gasteiger charge is 2.08. The summed E-state index contributed by atoms with van der Waals surface area (Å²) in [5.74, 6) is 0.765. The van der Waals surface area contributed by atoms with Crippen molar-refractivity contribution < 1.29 is 9.21 Å². The number of hydrogen-bond donors (Lipinski definition) is 0. The molecule has 1 aromatic carbocycles. The van der Waals surface area contributed by atoms with Crippen molar-refractivity contribution in [3.63, 3.8) is 0 Å². The van der Waals surface area contributed by atoms with E-state index >= 15 is 0 Å². The average Bonchev–Trinajstić information content (AvgIpc) is 2.87. The molecule has 0 aliphatic carbocycles. The second kappa shape index (κ2) is 6.94. The summed E-state index contributed by atoms with van der Waals surface area (Å²) >= 11 is 0. The van der Waals surface area contributed by atoms with Crippen LogP contribution in [-0.4, -0.2) is 23.9 Å². The average molecular weight is 271 g/mol. The molecule has 2 rings (SSSR count). The Morgan fingerprint density at radius 2 is 1.90 bits per heavy atom. The topological polar surface area (TPSA) is 33.5 Å². The van der Waals surface area contributed by atoms with E-state index in [4.69, 9.17) is 4.42 Å². The number of furan rings is 1. The molecule has 3 heteroatoms. The van der Waals surface area contributed by atoms with Crippen molar-refractivity contribution >= 4 is 23.0 Å². The lowest BCUT2D eigenvalue weighted by atomic mass is 10.2. The molecule has 1 heterocycles. The number of carbonyl (C=O) groups is 1. The number of rotatable bonds is 6. The van der Waals surface area contributed by atoms with Gasteiger partial charge >= 0.3 is 0 Å². The fourth-order valence-corrected chi connectivity index (χ4v) is 2.22. The highest BCUT2D eigenvalue weighted by molar-refractivity contribution is 5.92. The lowest BCUT2D eigenvalue weighted by Crippen LogP contribution is -2.30. The molecule has 1 aromatic heterocycles. The number of amides is 1. The predicted octanol–water partition coefficient (Wildman–Crippen LogP) is 4.09. The van der Waals surface area contributed by atoms with Gasteiger partial charge in [0, 0.05) is 24.6 Å². The van der Waals surface area contributed by atoms with Gasteiger partial charge in [0.1, 0.15) is 11.3 Å². The molecular formula is C17H21NO2. The molecule has 0 fully saturated rings. The van der Waals surface area contributed by atoms with Crippen molar-refractivity contribution in [2.24, 2.45) is 0 Å². The Hall–Kier alpha value is -2.03. The fraction of sp³-hybridized carbons (Fsp3) is 0.353. The zero-order chi connectivity index (χ0) is 14.4. The van der Waals surface area contributed by atoms with Crippen molar-refractivity contribution in [3.8, 4) is 0 Å². The molecule has 0 unspecified atom stereocenters. The summed E-state index contributed by atoms with van der Waals surface area (Å²) in [6.07, 6.45) is 5.30. The van der Waals surface area contributed by atoms with Crippen molar-refractivity contribution in [2.45, 2.75) is 26.7 Å². The fourth-order valence-electron chi connectivity index (χ4n) is 2.22. The van der Waals surface area contributed by atoms with Crippen LogP contribution in [0.5, 0.6) is 0 Å². The molecule has 0 saturated heterocycles. The number of benzene rings is 1. The monoisotopic (exact) mass is 271 g/mol. The van der Waals surface area contributed by atoms with E-state index in [1.165, 1.54) is 0 Å². The summed E-state index contributed by atoms with van der Waals surface area (Å²) < 4.78 is 5.66. The third-order valence-electron chi connectivity index (χ3n) is 3.13. The van der Waals surface area contributed by atoms with Crippen LogP contribution < -0.4 is 0 Å². The van der Waals surface area contributed by atoms with Crippen LogP contribution in [0.15, 0.2) is 40.8 Å². The van der Waals surface area contributed by atoms with Gasteiger partial charge in [0.2, 0.25) is 5.91 Å². The summed E-state index contributed by atoms with van der Waals surface area (Å²) in [4.78, 5) is 14.0. The highest BCUT2D eigenvalue weighted by atomic mass is 16.3. The Balaban J connectivity index is 2.08. The van der Waals surface area contributed by atoms with Crippen molar-refractivity contribution in [1.82, 2.24) is 4.90 Å². The standard InChI is InChI=1S/C17H21NO2/c1-3-11-18(12-4-2)17(19)10-9-15-13-14-7-5-6-8-16(14)20-15/h5-10,13H,3-4,11-12H2,1-2H3/b10-9+. The van der Waals surface area contributed by atoms with Gasteiger partial charge in [-0.1, -0.05) is 32.0 Å². The Labute approximate surface area is 119 Å². The van der Waals surface area contributed by atoms with Crippen LogP contribution in [0, 0.1) is 0 Å². The summed E-state index contributed by atoms with van der Waals surface area (Å²) in [7, 11) is 0. The van der Waals surface area contributed by atoms with Gasteiger partial charge in [0.25, 0.3) is 0 Å². The molecular weight excluding hydrogens is 250 g/mol. The Kier molecular flexibility index (Phi) is 4.99. The van der Waals surface area contributed by atoms with Crippen LogP contribution in [0.2, 0.25) is 0 Å². The maximum atomic E-state index is 12.1. The quantitative estimate of drug-likeness (QED) is 0.741. The molecule has 106 valence electrons. The second-order valence-electron chi connectivity index (χ2n) is 4.85. The molecule has 2 aromatic rings. The lowest BCUT2D eigenvalue weighted by molar-refractivity contribution is -0.126.